The lowest BCUT2D eigenvalue weighted by molar-refractivity contribution is -0.236. The highest BCUT2D eigenvalue weighted by atomic mass is 16.7. The molecule has 1 aliphatic heterocycles. The van der Waals surface area contributed by atoms with Crippen molar-refractivity contribution < 1.29 is 19.1 Å². The topological polar surface area (TPSA) is 64.6 Å². The van der Waals surface area contributed by atoms with Crippen LogP contribution in [0.3, 0.4) is 0 Å². The largest absolute Gasteiger partial charge is 0.421 e. The Morgan fingerprint density at radius 2 is 1.88 bits per heavy atom. The molecule has 0 spiro atoms. The first-order chi connectivity index (χ1) is 7.50. The van der Waals surface area contributed by atoms with Crippen LogP contribution in [0.4, 0.5) is 0 Å². The molecule has 0 saturated carbocycles. The van der Waals surface area contributed by atoms with Gasteiger partial charge in [-0.1, -0.05) is 6.92 Å². The van der Waals surface area contributed by atoms with Gasteiger partial charge in [-0.25, -0.2) is 0 Å². The Bertz CT molecular complexity index is 255. The van der Waals surface area contributed by atoms with Gasteiger partial charge in [-0.3, -0.25) is 9.59 Å². The van der Waals surface area contributed by atoms with E-state index in [0.29, 0.717) is 6.42 Å². The van der Waals surface area contributed by atoms with E-state index in [1.54, 1.807) is 0 Å². The molecule has 0 bridgehead atoms. The fourth-order valence-corrected chi connectivity index (χ4v) is 2.10. The molecule has 1 saturated heterocycles. The van der Waals surface area contributed by atoms with Crippen LogP contribution in [0.25, 0.3) is 0 Å². The Labute approximate surface area is 95.5 Å². The highest BCUT2D eigenvalue weighted by Crippen LogP contribution is 2.28. The normalized spacial score (nSPS) is 20.6. The van der Waals surface area contributed by atoms with E-state index in [2.05, 4.69) is 5.32 Å². The van der Waals surface area contributed by atoms with E-state index in [1.165, 1.54) is 13.8 Å². The zero-order valence-electron chi connectivity index (χ0n) is 10.0. The SMILES string of the molecule is CCC(OC(C)=O)(OC(C)=O)C1CCCN1. The third kappa shape index (κ3) is 2.95. The summed E-state index contributed by atoms with van der Waals surface area (Å²) in [6.07, 6.45) is 2.28. The minimum Gasteiger partial charge on any atom is -0.421 e. The van der Waals surface area contributed by atoms with E-state index in [4.69, 9.17) is 9.47 Å². The van der Waals surface area contributed by atoms with E-state index in [1.807, 2.05) is 6.92 Å². The Kier molecular flexibility index (Phi) is 4.29. The molecule has 1 heterocycles. The summed E-state index contributed by atoms with van der Waals surface area (Å²) in [6.45, 7) is 5.34. The second kappa shape index (κ2) is 5.30. The fourth-order valence-electron chi connectivity index (χ4n) is 2.10. The molecule has 0 amide bonds. The van der Waals surface area contributed by atoms with Gasteiger partial charge < -0.3 is 14.8 Å². The zero-order chi connectivity index (χ0) is 12.2. The van der Waals surface area contributed by atoms with E-state index < -0.39 is 17.7 Å². The highest BCUT2D eigenvalue weighted by molar-refractivity contribution is 5.69. The summed E-state index contributed by atoms with van der Waals surface area (Å²) in [5.41, 5.74) is 0. The van der Waals surface area contributed by atoms with Crippen LogP contribution in [-0.2, 0) is 19.1 Å². The van der Waals surface area contributed by atoms with Crippen molar-refractivity contribution in [2.75, 3.05) is 6.54 Å². The van der Waals surface area contributed by atoms with Crippen molar-refractivity contribution in [2.45, 2.75) is 51.9 Å². The van der Waals surface area contributed by atoms with Gasteiger partial charge in [-0.05, 0) is 19.4 Å². The van der Waals surface area contributed by atoms with Gasteiger partial charge in [0.2, 0.25) is 0 Å². The average Bonchev–Trinajstić information content (AvgIpc) is 2.68. The summed E-state index contributed by atoms with van der Waals surface area (Å²) in [6, 6.07) is -0.106. The van der Waals surface area contributed by atoms with Crippen LogP contribution in [0, 0.1) is 0 Å². The minimum atomic E-state index is -1.14. The van der Waals surface area contributed by atoms with Crippen molar-refractivity contribution in [1.29, 1.82) is 0 Å². The van der Waals surface area contributed by atoms with E-state index in [9.17, 15) is 9.59 Å². The third-order valence-electron chi connectivity index (χ3n) is 2.72. The predicted molar refractivity (Wildman–Crippen MR) is 57.6 cm³/mol. The second-order valence-corrected chi connectivity index (χ2v) is 4.00. The number of esters is 2. The number of rotatable bonds is 4. The first-order valence-corrected chi connectivity index (χ1v) is 5.62. The predicted octanol–water partition coefficient (Wildman–Crippen LogP) is 0.971. The maximum atomic E-state index is 11.1. The van der Waals surface area contributed by atoms with Crippen molar-refractivity contribution in [1.82, 2.24) is 5.32 Å². The molecule has 92 valence electrons. The van der Waals surface area contributed by atoms with Gasteiger partial charge in [0.05, 0.1) is 6.04 Å². The summed E-state index contributed by atoms with van der Waals surface area (Å²) in [5.74, 6) is -2.01. The van der Waals surface area contributed by atoms with Crippen molar-refractivity contribution in [3.05, 3.63) is 0 Å². The van der Waals surface area contributed by atoms with Gasteiger partial charge in [0.15, 0.2) is 0 Å². The molecule has 0 aromatic carbocycles. The molecule has 5 nitrogen and oxygen atoms in total. The van der Waals surface area contributed by atoms with Crippen LogP contribution in [0.2, 0.25) is 0 Å². The van der Waals surface area contributed by atoms with Crippen molar-refractivity contribution in [2.24, 2.45) is 0 Å². The maximum absolute atomic E-state index is 11.1. The fraction of sp³-hybridized carbons (Fsp3) is 0.818. The third-order valence-corrected chi connectivity index (χ3v) is 2.72. The maximum Gasteiger partial charge on any atom is 0.305 e. The van der Waals surface area contributed by atoms with Crippen LogP contribution < -0.4 is 5.32 Å². The van der Waals surface area contributed by atoms with Crippen molar-refractivity contribution in [3.63, 3.8) is 0 Å². The van der Waals surface area contributed by atoms with Crippen molar-refractivity contribution >= 4 is 11.9 Å². The van der Waals surface area contributed by atoms with Crippen LogP contribution in [0.5, 0.6) is 0 Å². The van der Waals surface area contributed by atoms with Crippen molar-refractivity contribution in [3.8, 4) is 0 Å². The van der Waals surface area contributed by atoms with Crippen LogP contribution in [0.1, 0.15) is 40.0 Å². The van der Waals surface area contributed by atoms with Crippen LogP contribution in [-0.4, -0.2) is 30.3 Å². The molecule has 0 aromatic heterocycles. The summed E-state index contributed by atoms with van der Waals surface area (Å²) < 4.78 is 10.5. The smallest absolute Gasteiger partial charge is 0.305 e. The first kappa shape index (κ1) is 13.0. The molecule has 1 atom stereocenters. The molecule has 1 N–H and O–H groups in total. The molecule has 0 aromatic rings. The molecule has 1 unspecified atom stereocenters. The number of ether oxygens (including phenoxy) is 2. The molecule has 5 heteroatoms. The molecule has 1 fully saturated rings. The van der Waals surface area contributed by atoms with E-state index in [-0.39, 0.29) is 6.04 Å². The molecular weight excluding hydrogens is 210 g/mol. The second-order valence-electron chi connectivity index (χ2n) is 4.00. The van der Waals surface area contributed by atoms with Gasteiger partial charge in [-0.2, -0.15) is 0 Å². The molecule has 1 rings (SSSR count). The van der Waals surface area contributed by atoms with Gasteiger partial charge in [-0.15, -0.1) is 0 Å². The Morgan fingerprint density at radius 1 is 1.31 bits per heavy atom. The number of nitrogens with one attached hydrogen (secondary N) is 1. The molecule has 0 radical (unpaired) electrons. The van der Waals surface area contributed by atoms with Gasteiger partial charge in [0.1, 0.15) is 0 Å². The summed E-state index contributed by atoms with van der Waals surface area (Å²) in [5, 5.41) is 3.20. The minimum absolute atomic E-state index is 0.106. The lowest BCUT2D eigenvalue weighted by Gasteiger charge is -2.36. The Balaban J connectivity index is 2.85. The van der Waals surface area contributed by atoms with Crippen LogP contribution >= 0.6 is 0 Å². The van der Waals surface area contributed by atoms with Crippen LogP contribution in [0.15, 0.2) is 0 Å². The monoisotopic (exact) mass is 229 g/mol. The molecule has 16 heavy (non-hydrogen) atoms. The van der Waals surface area contributed by atoms with E-state index >= 15 is 0 Å². The number of carbonyl (C=O) groups is 2. The van der Waals surface area contributed by atoms with Gasteiger partial charge in [0, 0.05) is 20.3 Å². The lowest BCUT2D eigenvalue weighted by atomic mass is 10.0. The summed E-state index contributed by atoms with van der Waals surface area (Å²) >= 11 is 0. The van der Waals surface area contributed by atoms with E-state index in [0.717, 1.165) is 19.4 Å². The first-order valence-electron chi connectivity index (χ1n) is 5.62. The van der Waals surface area contributed by atoms with Gasteiger partial charge in [0.25, 0.3) is 5.79 Å². The average molecular weight is 229 g/mol. The standard InChI is InChI=1S/C11H19NO4/c1-4-11(15-8(2)13,16-9(3)14)10-6-5-7-12-10/h10,12H,4-7H2,1-3H3. The molecule has 0 aliphatic carbocycles. The lowest BCUT2D eigenvalue weighted by Crippen LogP contribution is -2.53. The van der Waals surface area contributed by atoms with Gasteiger partial charge >= 0.3 is 11.9 Å². The number of hydrogen-bond acceptors (Lipinski definition) is 5. The Hall–Kier alpha value is -1.10. The molecular formula is C11H19NO4. The quantitative estimate of drug-likeness (QED) is 0.575. The highest BCUT2D eigenvalue weighted by Gasteiger charge is 2.45. The number of hydrogen-bond donors (Lipinski definition) is 1. The Morgan fingerprint density at radius 3 is 2.19 bits per heavy atom. The summed E-state index contributed by atoms with van der Waals surface area (Å²) in [4.78, 5) is 22.2. The molecule has 1 aliphatic rings. The number of carbonyl (C=O) groups excluding carboxylic acids is 2. The summed E-state index contributed by atoms with van der Waals surface area (Å²) in [7, 11) is 0. The zero-order valence-corrected chi connectivity index (χ0v) is 10.0.